The van der Waals surface area contributed by atoms with E-state index in [9.17, 15) is 18.3 Å². The molecule has 0 saturated heterocycles. The molecule has 0 aliphatic heterocycles. The fourth-order valence-electron chi connectivity index (χ4n) is 2.90. The normalized spacial score (nSPS) is 12.6. The number of aliphatic hydroxyl groups is 1. The van der Waals surface area contributed by atoms with Crippen molar-refractivity contribution in [3.8, 4) is 11.3 Å². The Morgan fingerprint density at radius 3 is 2.48 bits per heavy atom. The third-order valence-electron chi connectivity index (χ3n) is 4.83. The smallest absolute Gasteiger partial charge is 0.394 e. The molecule has 0 bridgehead atoms. The number of anilines is 3. The zero-order chi connectivity index (χ0) is 22.6. The van der Waals surface area contributed by atoms with Gasteiger partial charge in [-0.1, -0.05) is 19.9 Å². The third kappa shape index (κ3) is 5.69. The Morgan fingerprint density at radius 2 is 1.87 bits per heavy atom. The molecule has 0 radical (unpaired) electrons. The van der Waals surface area contributed by atoms with Crippen LogP contribution in [-0.2, 0) is 6.18 Å². The van der Waals surface area contributed by atoms with Gasteiger partial charge in [0.2, 0.25) is 5.95 Å². The fourth-order valence-corrected chi connectivity index (χ4v) is 2.90. The monoisotopic (exact) mass is 431 g/mol. The first-order valence-corrected chi connectivity index (χ1v) is 9.79. The predicted molar refractivity (Wildman–Crippen MR) is 114 cm³/mol. The molecule has 9 heteroatoms. The van der Waals surface area contributed by atoms with Crippen molar-refractivity contribution >= 4 is 17.5 Å². The second kappa shape index (κ2) is 9.30. The van der Waals surface area contributed by atoms with Crippen LogP contribution >= 0.6 is 0 Å². The minimum Gasteiger partial charge on any atom is -0.394 e. The van der Waals surface area contributed by atoms with Crippen molar-refractivity contribution in [1.29, 1.82) is 0 Å². The van der Waals surface area contributed by atoms with E-state index in [-0.39, 0.29) is 24.5 Å². The van der Waals surface area contributed by atoms with E-state index in [1.807, 2.05) is 19.9 Å². The van der Waals surface area contributed by atoms with Crippen LogP contribution in [0.15, 0.2) is 48.8 Å². The van der Waals surface area contributed by atoms with Gasteiger partial charge in [-0.2, -0.15) is 18.2 Å². The Labute approximate surface area is 178 Å². The molecule has 1 aromatic carbocycles. The lowest BCUT2D eigenvalue weighted by molar-refractivity contribution is -0.137. The van der Waals surface area contributed by atoms with E-state index in [1.165, 1.54) is 6.07 Å². The molecular formula is C22H24F3N5O. The van der Waals surface area contributed by atoms with Gasteiger partial charge >= 0.3 is 6.18 Å². The van der Waals surface area contributed by atoms with Gasteiger partial charge in [0.15, 0.2) is 0 Å². The van der Waals surface area contributed by atoms with Crippen LogP contribution in [0.1, 0.15) is 25.0 Å². The quantitative estimate of drug-likeness (QED) is 0.486. The number of aryl methyl sites for hydroxylation is 1. The highest BCUT2D eigenvalue weighted by Gasteiger charge is 2.30. The Balaban J connectivity index is 2.02. The van der Waals surface area contributed by atoms with E-state index in [2.05, 4.69) is 25.6 Å². The van der Waals surface area contributed by atoms with E-state index in [0.717, 1.165) is 17.7 Å². The Morgan fingerprint density at radius 1 is 1.10 bits per heavy atom. The summed E-state index contributed by atoms with van der Waals surface area (Å²) in [6.07, 6.45) is -1.18. The first kappa shape index (κ1) is 22.5. The molecule has 31 heavy (non-hydrogen) atoms. The summed E-state index contributed by atoms with van der Waals surface area (Å²) >= 11 is 0. The van der Waals surface area contributed by atoms with Crippen LogP contribution in [0.3, 0.4) is 0 Å². The summed E-state index contributed by atoms with van der Waals surface area (Å²) < 4.78 is 39.5. The standard InChI is InChI=1S/C22H24F3N5O/c1-13(2)19(12-31)29-21-28-18(15-5-4-8-26-11-15)10-20(30-21)27-17-9-16(22(23,24)25)7-6-14(17)3/h4-11,13,19,31H,12H2,1-3H3,(H2,27,28,29,30)/t19-/m0/s1. The number of alkyl halides is 3. The van der Waals surface area contributed by atoms with Gasteiger partial charge in [-0.15, -0.1) is 0 Å². The summed E-state index contributed by atoms with van der Waals surface area (Å²) in [6, 6.07) is 8.46. The number of hydrogen-bond donors (Lipinski definition) is 3. The van der Waals surface area contributed by atoms with Gasteiger partial charge in [0.1, 0.15) is 5.82 Å². The third-order valence-corrected chi connectivity index (χ3v) is 4.83. The lowest BCUT2D eigenvalue weighted by Crippen LogP contribution is -2.30. The number of nitrogens with zero attached hydrogens (tertiary/aromatic N) is 3. The molecule has 3 N–H and O–H groups in total. The first-order chi connectivity index (χ1) is 14.7. The number of aliphatic hydroxyl groups excluding tert-OH is 1. The van der Waals surface area contributed by atoms with Gasteiger partial charge in [0.25, 0.3) is 0 Å². The van der Waals surface area contributed by atoms with E-state index in [1.54, 1.807) is 31.5 Å². The number of nitrogens with one attached hydrogen (secondary N) is 2. The minimum absolute atomic E-state index is 0.109. The molecule has 0 fully saturated rings. The van der Waals surface area contributed by atoms with Crippen molar-refractivity contribution in [3.05, 3.63) is 59.9 Å². The highest BCUT2D eigenvalue weighted by molar-refractivity contribution is 5.68. The van der Waals surface area contributed by atoms with Crippen LogP contribution < -0.4 is 10.6 Å². The zero-order valence-corrected chi connectivity index (χ0v) is 17.4. The van der Waals surface area contributed by atoms with E-state index >= 15 is 0 Å². The van der Waals surface area contributed by atoms with Crippen molar-refractivity contribution in [2.75, 3.05) is 17.2 Å². The van der Waals surface area contributed by atoms with Crippen molar-refractivity contribution in [2.24, 2.45) is 5.92 Å². The molecule has 0 aliphatic carbocycles. The molecule has 3 rings (SSSR count). The molecule has 0 saturated carbocycles. The molecule has 3 aromatic rings. The minimum atomic E-state index is -4.45. The van der Waals surface area contributed by atoms with Crippen LogP contribution in [-0.4, -0.2) is 32.7 Å². The summed E-state index contributed by atoms with van der Waals surface area (Å²) in [5.41, 5.74) is 1.44. The number of rotatable bonds is 7. The summed E-state index contributed by atoms with van der Waals surface area (Å²) in [5.74, 6) is 0.679. The zero-order valence-electron chi connectivity index (χ0n) is 17.4. The maximum atomic E-state index is 13.2. The number of halogens is 3. The lowest BCUT2D eigenvalue weighted by atomic mass is 10.1. The van der Waals surface area contributed by atoms with Crippen LogP contribution in [0.2, 0.25) is 0 Å². The first-order valence-electron chi connectivity index (χ1n) is 9.79. The van der Waals surface area contributed by atoms with Crippen molar-refractivity contribution in [3.63, 3.8) is 0 Å². The average molecular weight is 431 g/mol. The van der Waals surface area contributed by atoms with E-state index < -0.39 is 11.7 Å². The molecule has 2 aromatic heterocycles. The number of hydrogen-bond acceptors (Lipinski definition) is 6. The van der Waals surface area contributed by atoms with Gasteiger partial charge in [0.05, 0.1) is 23.9 Å². The predicted octanol–water partition coefficient (Wildman–Crippen LogP) is 5.04. The van der Waals surface area contributed by atoms with Crippen molar-refractivity contribution < 1.29 is 18.3 Å². The Bertz CT molecular complexity index is 1030. The summed E-state index contributed by atoms with van der Waals surface area (Å²) in [5, 5.41) is 15.7. The van der Waals surface area contributed by atoms with Crippen LogP contribution in [0.25, 0.3) is 11.3 Å². The van der Waals surface area contributed by atoms with E-state index in [4.69, 9.17) is 0 Å². The van der Waals surface area contributed by atoms with Crippen LogP contribution in [0.4, 0.5) is 30.6 Å². The summed E-state index contributed by atoms with van der Waals surface area (Å²) in [7, 11) is 0. The molecule has 0 unspecified atom stereocenters. The molecule has 6 nitrogen and oxygen atoms in total. The fraction of sp³-hybridized carbons (Fsp3) is 0.318. The van der Waals surface area contributed by atoms with Crippen molar-refractivity contribution in [1.82, 2.24) is 15.0 Å². The largest absolute Gasteiger partial charge is 0.416 e. The highest BCUT2D eigenvalue weighted by atomic mass is 19.4. The van der Waals surface area contributed by atoms with Gasteiger partial charge in [0, 0.05) is 29.7 Å². The maximum Gasteiger partial charge on any atom is 0.416 e. The number of aromatic nitrogens is 3. The Hall–Kier alpha value is -3.20. The van der Waals surface area contributed by atoms with Gasteiger partial charge < -0.3 is 15.7 Å². The molecule has 0 aliphatic rings. The average Bonchev–Trinajstić information content (AvgIpc) is 2.73. The Kier molecular flexibility index (Phi) is 6.74. The highest BCUT2D eigenvalue weighted by Crippen LogP contribution is 2.33. The second-order valence-electron chi connectivity index (χ2n) is 7.53. The topological polar surface area (TPSA) is 83.0 Å². The molecular weight excluding hydrogens is 407 g/mol. The summed E-state index contributed by atoms with van der Waals surface area (Å²) in [6.45, 7) is 5.49. The van der Waals surface area contributed by atoms with Gasteiger partial charge in [-0.05, 0) is 42.7 Å². The number of benzene rings is 1. The molecule has 0 spiro atoms. The molecule has 0 amide bonds. The second-order valence-corrected chi connectivity index (χ2v) is 7.53. The van der Waals surface area contributed by atoms with E-state index in [0.29, 0.717) is 22.8 Å². The lowest BCUT2D eigenvalue weighted by Gasteiger charge is -2.21. The molecule has 164 valence electrons. The molecule has 2 heterocycles. The summed E-state index contributed by atoms with van der Waals surface area (Å²) in [4.78, 5) is 13.0. The van der Waals surface area contributed by atoms with Crippen molar-refractivity contribution in [2.45, 2.75) is 33.0 Å². The van der Waals surface area contributed by atoms with Crippen LogP contribution in [0, 0.1) is 12.8 Å². The van der Waals surface area contributed by atoms with Crippen LogP contribution in [0.5, 0.6) is 0 Å². The molecule has 1 atom stereocenters. The van der Waals surface area contributed by atoms with Gasteiger partial charge in [-0.3, -0.25) is 4.98 Å². The number of pyridine rings is 1. The maximum absolute atomic E-state index is 13.2. The SMILES string of the molecule is Cc1ccc(C(F)(F)F)cc1Nc1cc(-c2cccnc2)nc(N[C@@H](CO)C(C)C)n1. The van der Waals surface area contributed by atoms with Gasteiger partial charge in [-0.25, -0.2) is 4.98 Å².